The molecule has 4 nitrogen and oxygen atoms in total. The average Bonchev–Trinajstić information content (AvgIpc) is 2.78. The Kier molecular flexibility index (Phi) is 4.19. The summed E-state index contributed by atoms with van der Waals surface area (Å²) in [5.41, 5.74) is 2.08. The van der Waals surface area contributed by atoms with Crippen molar-refractivity contribution in [2.45, 2.75) is 19.5 Å². The molecule has 0 aliphatic rings. The average molecular weight is 249 g/mol. The van der Waals surface area contributed by atoms with E-state index in [4.69, 9.17) is 0 Å². The Morgan fingerprint density at radius 1 is 1.35 bits per heavy atom. The zero-order valence-electron chi connectivity index (χ0n) is 9.63. The maximum Gasteiger partial charge on any atom is 0.0773 e. The second-order valence-electron chi connectivity index (χ2n) is 3.82. The number of aliphatic hydroxyl groups excluding tert-OH is 1. The van der Waals surface area contributed by atoms with Crippen molar-refractivity contribution in [3.05, 3.63) is 46.5 Å². The van der Waals surface area contributed by atoms with Crippen LogP contribution in [0.5, 0.6) is 0 Å². The van der Waals surface area contributed by atoms with E-state index < -0.39 is 0 Å². The van der Waals surface area contributed by atoms with Crippen molar-refractivity contribution in [1.82, 2.24) is 14.9 Å². The molecular weight excluding hydrogens is 234 g/mol. The quantitative estimate of drug-likeness (QED) is 0.846. The molecule has 1 atom stereocenters. The number of aryl methyl sites for hydroxylation is 1. The van der Waals surface area contributed by atoms with Gasteiger partial charge in [0.15, 0.2) is 0 Å². The molecule has 0 saturated carbocycles. The first-order chi connectivity index (χ1) is 8.31. The highest BCUT2D eigenvalue weighted by Gasteiger charge is 2.15. The predicted octanol–water partition coefficient (Wildman–Crippen LogP) is 1.67. The Hall–Kier alpha value is -1.30. The number of nitrogens with zero attached hydrogens (tertiary/aromatic N) is 2. The summed E-state index contributed by atoms with van der Waals surface area (Å²) in [6.45, 7) is 2.69. The molecule has 0 aliphatic carbocycles. The summed E-state index contributed by atoms with van der Waals surface area (Å²) in [7, 11) is 0. The van der Waals surface area contributed by atoms with Gasteiger partial charge in [-0.3, -0.25) is 0 Å². The van der Waals surface area contributed by atoms with Crippen molar-refractivity contribution in [3.8, 4) is 0 Å². The molecule has 0 aliphatic heterocycles. The molecular formula is C12H15N3OS. The number of hydrogen-bond donors (Lipinski definition) is 2. The summed E-state index contributed by atoms with van der Waals surface area (Å²) in [6.07, 6.45) is 0. The van der Waals surface area contributed by atoms with Gasteiger partial charge in [-0.1, -0.05) is 34.8 Å². The van der Waals surface area contributed by atoms with Gasteiger partial charge in [0.1, 0.15) is 0 Å². The van der Waals surface area contributed by atoms with Crippen LogP contribution in [-0.2, 0) is 6.54 Å². The van der Waals surface area contributed by atoms with E-state index in [1.54, 1.807) is 0 Å². The summed E-state index contributed by atoms with van der Waals surface area (Å²) in [5.74, 6) is 0. The van der Waals surface area contributed by atoms with E-state index in [9.17, 15) is 5.11 Å². The smallest absolute Gasteiger partial charge is 0.0773 e. The molecule has 0 spiro atoms. The van der Waals surface area contributed by atoms with E-state index in [1.165, 1.54) is 17.1 Å². The molecule has 1 aromatic heterocycles. The van der Waals surface area contributed by atoms with Crippen LogP contribution in [0.2, 0.25) is 0 Å². The molecule has 0 amide bonds. The second-order valence-corrected chi connectivity index (χ2v) is 4.61. The lowest BCUT2D eigenvalue weighted by Gasteiger charge is -2.14. The summed E-state index contributed by atoms with van der Waals surface area (Å²) >= 11 is 1.33. The van der Waals surface area contributed by atoms with E-state index in [0.717, 1.165) is 17.1 Å². The maximum absolute atomic E-state index is 9.39. The van der Waals surface area contributed by atoms with Gasteiger partial charge in [0.25, 0.3) is 0 Å². The van der Waals surface area contributed by atoms with Gasteiger partial charge in [0.2, 0.25) is 0 Å². The fourth-order valence-corrected chi connectivity index (χ4v) is 2.34. The van der Waals surface area contributed by atoms with Crippen LogP contribution in [0.1, 0.15) is 22.2 Å². The SMILES string of the molecule is Cc1nnsc1C(CO)NCc1ccccc1. The molecule has 2 N–H and O–H groups in total. The first kappa shape index (κ1) is 12.2. The Morgan fingerprint density at radius 2 is 2.12 bits per heavy atom. The molecule has 90 valence electrons. The van der Waals surface area contributed by atoms with Gasteiger partial charge in [0, 0.05) is 6.54 Å². The summed E-state index contributed by atoms with van der Waals surface area (Å²) < 4.78 is 3.89. The number of aliphatic hydroxyl groups is 1. The van der Waals surface area contributed by atoms with E-state index in [2.05, 4.69) is 27.0 Å². The topological polar surface area (TPSA) is 58.0 Å². The van der Waals surface area contributed by atoms with E-state index in [1.807, 2.05) is 25.1 Å². The van der Waals surface area contributed by atoms with Crippen LogP contribution in [0.4, 0.5) is 0 Å². The monoisotopic (exact) mass is 249 g/mol. The Balaban J connectivity index is 2.00. The molecule has 5 heteroatoms. The van der Waals surface area contributed by atoms with Crippen molar-refractivity contribution < 1.29 is 5.11 Å². The van der Waals surface area contributed by atoms with Gasteiger partial charge >= 0.3 is 0 Å². The lowest BCUT2D eigenvalue weighted by atomic mass is 10.2. The molecule has 1 aromatic carbocycles. The number of rotatable bonds is 5. The third-order valence-electron chi connectivity index (χ3n) is 2.58. The zero-order valence-corrected chi connectivity index (χ0v) is 10.4. The van der Waals surface area contributed by atoms with Crippen molar-refractivity contribution in [1.29, 1.82) is 0 Å². The molecule has 0 radical (unpaired) electrons. The van der Waals surface area contributed by atoms with Gasteiger partial charge in [-0.15, -0.1) is 5.10 Å². The fraction of sp³-hybridized carbons (Fsp3) is 0.333. The Bertz CT molecular complexity index is 458. The van der Waals surface area contributed by atoms with E-state index in [-0.39, 0.29) is 12.6 Å². The number of aromatic nitrogens is 2. The minimum atomic E-state index is -0.0878. The Labute approximate surface area is 104 Å². The molecule has 0 fully saturated rings. The lowest BCUT2D eigenvalue weighted by molar-refractivity contribution is 0.245. The van der Waals surface area contributed by atoms with Gasteiger partial charge in [-0.25, -0.2) is 0 Å². The molecule has 0 saturated heterocycles. The van der Waals surface area contributed by atoms with Crippen molar-refractivity contribution in [2.75, 3.05) is 6.61 Å². The fourth-order valence-electron chi connectivity index (χ4n) is 1.63. The minimum absolute atomic E-state index is 0.0531. The summed E-state index contributed by atoms with van der Waals surface area (Å²) in [4.78, 5) is 1.00. The first-order valence-electron chi connectivity index (χ1n) is 5.48. The Morgan fingerprint density at radius 3 is 2.71 bits per heavy atom. The maximum atomic E-state index is 9.39. The van der Waals surface area contributed by atoms with Gasteiger partial charge in [0.05, 0.1) is 23.2 Å². The van der Waals surface area contributed by atoms with Crippen LogP contribution in [0.25, 0.3) is 0 Å². The highest BCUT2D eigenvalue weighted by molar-refractivity contribution is 7.05. The molecule has 2 rings (SSSR count). The van der Waals surface area contributed by atoms with Crippen LogP contribution >= 0.6 is 11.5 Å². The third-order valence-corrected chi connectivity index (χ3v) is 3.52. The van der Waals surface area contributed by atoms with Crippen LogP contribution < -0.4 is 5.32 Å². The molecule has 0 bridgehead atoms. The van der Waals surface area contributed by atoms with Gasteiger partial charge in [-0.2, -0.15) is 0 Å². The summed E-state index contributed by atoms with van der Waals surface area (Å²) in [5, 5.41) is 16.7. The highest BCUT2D eigenvalue weighted by Crippen LogP contribution is 2.19. The van der Waals surface area contributed by atoms with E-state index in [0.29, 0.717) is 0 Å². The standard InChI is InChI=1S/C12H15N3OS/c1-9-12(17-15-14-9)11(8-16)13-7-10-5-3-2-4-6-10/h2-6,11,13,16H,7-8H2,1H3. The molecule has 2 aromatic rings. The van der Waals surface area contributed by atoms with Crippen LogP contribution in [0, 0.1) is 6.92 Å². The second kappa shape index (κ2) is 5.86. The zero-order chi connectivity index (χ0) is 12.1. The predicted molar refractivity (Wildman–Crippen MR) is 67.8 cm³/mol. The minimum Gasteiger partial charge on any atom is -0.394 e. The van der Waals surface area contributed by atoms with Gasteiger partial charge in [-0.05, 0) is 24.0 Å². The number of benzene rings is 1. The number of hydrogen-bond acceptors (Lipinski definition) is 5. The normalized spacial score (nSPS) is 12.6. The van der Waals surface area contributed by atoms with Crippen LogP contribution in [-0.4, -0.2) is 21.3 Å². The van der Waals surface area contributed by atoms with Crippen molar-refractivity contribution in [3.63, 3.8) is 0 Å². The van der Waals surface area contributed by atoms with Crippen LogP contribution in [0.15, 0.2) is 30.3 Å². The van der Waals surface area contributed by atoms with E-state index >= 15 is 0 Å². The molecule has 1 heterocycles. The number of nitrogens with one attached hydrogen (secondary N) is 1. The highest BCUT2D eigenvalue weighted by atomic mass is 32.1. The van der Waals surface area contributed by atoms with Crippen molar-refractivity contribution in [2.24, 2.45) is 0 Å². The van der Waals surface area contributed by atoms with Crippen molar-refractivity contribution >= 4 is 11.5 Å². The lowest BCUT2D eigenvalue weighted by Crippen LogP contribution is -2.23. The molecule has 1 unspecified atom stereocenters. The van der Waals surface area contributed by atoms with Crippen LogP contribution in [0.3, 0.4) is 0 Å². The van der Waals surface area contributed by atoms with Gasteiger partial charge < -0.3 is 10.4 Å². The molecule has 17 heavy (non-hydrogen) atoms. The first-order valence-corrected chi connectivity index (χ1v) is 6.25. The third kappa shape index (κ3) is 3.09. The largest absolute Gasteiger partial charge is 0.394 e. The summed E-state index contributed by atoms with van der Waals surface area (Å²) in [6, 6.07) is 10.0.